The van der Waals surface area contributed by atoms with Gasteiger partial charge in [-0.25, -0.2) is 9.78 Å². The molecule has 1 heterocycles. The third-order valence-corrected chi connectivity index (χ3v) is 5.68. The van der Waals surface area contributed by atoms with Crippen LogP contribution in [-0.2, 0) is 0 Å². The van der Waals surface area contributed by atoms with Crippen LogP contribution in [0, 0.1) is 0 Å². The monoisotopic (exact) mass is 477 g/mol. The molecule has 1 aromatic heterocycles. The van der Waals surface area contributed by atoms with E-state index in [1.165, 1.54) is 23.5 Å². The molecule has 4 rings (SSSR count). The van der Waals surface area contributed by atoms with E-state index in [9.17, 15) is 19.5 Å². The highest BCUT2D eigenvalue weighted by Gasteiger charge is 2.17. The number of anilines is 2. The molecule has 0 unspecified atom stereocenters. The van der Waals surface area contributed by atoms with Gasteiger partial charge in [0.05, 0.1) is 16.8 Å². The van der Waals surface area contributed by atoms with Gasteiger partial charge in [-0.3, -0.25) is 14.9 Å². The molecule has 164 valence electrons. The predicted molar refractivity (Wildman–Crippen MR) is 128 cm³/mol. The van der Waals surface area contributed by atoms with Crippen molar-refractivity contribution in [2.24, 2.45) is 0 Å². The molecule has 33 heavy (non-hydrogen) atoms. The van der Waals surface area contributed by atoms with E-state index in [4.69, 9.17) is 11.6 Å². The summed E-state index contributed by atoms with van der Waals surface area (Å²) < 4.78 is 0. The van der Waals surface area contributed by atoms with Crippen molar-refractivity contribution in [1.82, 2.24) is 4.98 Å². The molecule has 0 atom stereocenters. The maximum Gasteiger partial charge on any atom is 0.336 e. The quantitative estimate of drug-likeness (QED) is 0.331. The van der Waals surface area contributed by atoms with Crippen molar-refractivity contribution >= 4 is 51.5 Å². The Morgan fingerprint density at radius 3 is 2.15 bits per heavy atom. The lowest BCUT2D eigenvalue weighted by atomic mass is 10.1. The standard InChI is InChI=1S/C24H16ClN3O4S/c25-16-9-5-15(6-10-16)21(29)26-17-11-7-14(8-12-17)20-13-33-24(27-20)28-22(30)18-3-1-2-4-19(18)23(31)32/h1-13H,(H,26,29)(H,31,32)(H,27,28,30). The molecule has 0 saturated carbocycles. The molecule has 0 fully saturated rings. The summed E-state index contributed by atoms with van der Waals surface area (Å²) in [5, 5.41) is 17.4. The Morgan fingerprint density at radius 2 is 1.48 bits per heavy atom. The van der Waals surface area contributed by atoms with Crippen LogP contribution in [0.2, 0.25) is 5.02 Å². The molecule has 0 bridgehead atoms. The lowest BCUT2D eigenvalue weighted by Crippen LogP contribution is -2.16. The number of halogens is 1. The van der Waals surface area contributed by atoms with Gasteiger partial charge in [0.25, 0.3) is 11.8 Å². The second-order valence-corrected chi connectivity index (χ2v) is 8.18. The zero-order valence-electron chi connectivity index (χ0n) is 16.9. The van der Waals surface area contributed by atoms with Crippen molar-refractivity contribution in [3.05, 3.63) is 99.9 Å². The van der Waals surface area contributed by atoms with Gasteiger partial charge >= 0.3 is 5.97 Å². The van der Waals surface area contributed by atoms with Crippen molar-refractivity contribution in [2.45, 2.75) is 0 Å². The number of carbonyl (C=O) groups is 3. The Morgan fingerprint density at radius 1 is 0.818 bits per heavy atom. The average molecular weight is 478 g/mol. The molecule has 4 aromatic rings. The van der Waals surface area contributed by atoms with E-state index in [1.54, 1.807) is 66.0 Å². The Balaban J connectivity index is 1.43. The third kappa shape index (κ3) is 5.25. The van der Waals surface area contributed by atoms with Gasteiger partial charge in [-0.2, -0.15) is 0 Å². The number of rotatable bonds is 6. The normalized spacial score (nSPS) is 10.5. The summed E-state index contributed by atoms with van der Waals surface area (Å²) in [4.78, 5) is 40.6. The predicted octanol–water partition coefficient (Wildman–Crippen LogP) is 5.67. The molecule has 0 saturated heterocycles. The molecule has 0 aliphatic rings. The summed E-state index contributed by atoms with van der Waals surface area (Å²) >= 11 is 7.07. The summed E-state index contributed by atoms with van der Waals surface area (Å²) in [5.74, 6) is -1.97. The lowest BCUT2D eigenvalue weighted by Gasteiger charge is -2.06. The number of hydrogen-bond acceptors (Lipinski definition) is 5. The lowest BCUT2D eigenvalue weighted by molar-refractivity contribution is 0.0692. The number of aromatic nitrogens is 1. The number of carboxylic acids is 1. The average Bonchev–Trinajstić information content (AvgIpc) is 3.28. The first-order valence-corrected chi connectivity index (χ1v) is 10.9. The number of hydrogen-bond donors (Lipinski definition) is 3. The second-order valence-electron chi connectivity index (χ2n) is 6.88. The van der Waals surface area contributed by atoms with Crippen molar-refractivity contribution in [3.8, 4) is 11.3 Å². The van der Waals surface area contributed by atoms with Gasteiger partial charge in [-0.15, -0.1) is 11.3 Å². The van der Waals surface area contributed by atoms with Gasteiger partial charge in [0.2, 0.25) is 0 Å². The Hall–Kier alpha value is -4.01. The maximum atomic E-state index is 12.5. The van der Waals surface area contributed by atoms with Crippen molar-refractivity contribution < 1.29 is 19.5 Å². The molecule has 3 aromatic carbocycles. The number of benzene rings is 3. The molecule has 7 nitrogen and oxygen atoms in total. The van der Waals surface area contributed by atoms with E-state index in [0.29, 0.717) is 27.1 Å². The van der Waals surface area contributed by atoms with E-state index in [1.807, 2.05) is 0 Å². The molecule has 9 heteroatoms. The largest absolute Gasteiger partial charge is 0.478 e. The summed E-state index contributed by atoms with van der Waals surface area (Å²) in [6.45, 7) is 0. The smallest absolute Gasteiger partial charge is 0.336 e. The summed E-state index contributed by atoms with van der Waals surface area (Å²) in [5.41, 5.74) is 2.52. The minimum absolute atomic E-state index is 0.0579. The van der Waals surface area contributed by atoms with Gasteiger partial charge in [0.1, 0.15) is 0 Å². The Kier molecular flexibility index (Phi) is 6.48. The Labute approximate surface area is 197 Å². The van der Waals surface area contributed by atoms with Gasteiger partial charge in [-0.1, -0.05) is 35.9 Å². The molecule has 0 aliphatic carbocycles. The van der Waals surface area contributed by atoms with Crippen LogP contribution < -0.4 is 10.6 Å². The fourth-order valence-electron chi connectivity index (χ4n) is 3.02. The van der Waals surface area contributed by atoms with Crippen molar-refractivity contribution in [2.75, 3.05) is 10.6 Å². The van der Waals surface area contributed by atoms with E-state index < -0.39 is 11.9 Å². The van der Waals surface area contributed by atoms with Gasteiger partial charge in [0.15, 0.2) is 5.13 Å². The Bertz CT molecular complexity index is 1330. The van der Waals surface area contributed by atoms with Crippen LogP contribution in [0.25, 0.3) is 11.3 Å². The van der Waals surface area contributed by atoms with Crippen LogP contribution in [0.5, 0.6) is 0 Å². The number of aromatic carboxylic acids is 1. The SMILES string of the molecule is O=C(Nc1ccc(-c2csc(NC(=O)c3ccccc3C(=O)O)n2)cc1)c1ccc(Cl)cc1. The van der Waals surface area contributed by atoms with Gasteiger partial charge in [-0.05, 0) is 48.5 Å². The summed E-state index contributed by atoms with van der Waals surface area (Å²) in [6.07, 6.45) is 0. The van der Waals surface area contributed by atoms with Crippen LogP contribution in [0.4, 0.5) is 10.8 Å². The number of carbonyl (C=O) groups excluding carboxylic acids is 2. The van der Waals surface area contributed by atoms with Crippen LogP contribution in [0.3, 0.4) is 0 Å². The number of nitrogens with zero attached hydrogens (tertiary/aromatic N) is 1. The van der Waals surface area contributed by atoms with E-state index in [-0.39, 0.29) is 17.0 Å². The summed E-state index contributed by atoms with van der Waals surface area (Å²) in [6, 6.07) is 19.7. The van der Waals surface area contributed by atoms with Crippen LogP contribution in [0.15, 0.2) is 78.2 Å². The van der Waals surface area contributed by atoms with E-state index in [0.717, 1.165) is 5.56 Å². The first-order valence-electron chi connectivity index (χ1n) is 9.67. The highest BCUT2D eigenvalue weighted by Crippen LogP contribution is 2.27. The highest BCUT2D eigenvalue weighted by molar-refractivity contribution is 7.14. The van der Waals surface area contributed by atoms with Crippen LogP contribution >= 0.6 is 22.9 Å². The van der Waals surface area contributed by atoms with Gasteiger partial charge in [0, 0.05) is 27.2 Å². The van der Waals surface area contributed by atoms with Crippen molar-refractivity contribution in [3.63, 3.8) is 0 Å². The topological polar surface area (TPSA) is 108 Å². The summed E-state index contributed by atoms with van der Waals surface area (Å²) in [7, 11) is 0. The molecule has 2 amide bonds. The zero-order valence-corrected chi connectivity index (χ0v) is 18.5. The molecular formula is C24H16ClN3O4S. The molecule has 0 radical (unpaired) electrons. The third-order valence-electron chi connectivity index (χ3n) is 4.67. The first-order chi connectivity index (χ1) is 15.9. The minimum Gasteiger partial charge on any atom is -0.478 e. The minimum atomic E-state index is -1.18. The van der Waals surface area contributed by atoms with Crippen molar-refractivity contribution in [1.29, 1.82) is 0 Å². The molecular weight excluding hydrogens is 462 g/mol. The van der Waals surface area contributed by atoms with Gasteiger partial charge < -0.3 is 10.4 Å². The number of carboxylic acid groups (broad SMARTS) is 1. The highest BCUT2D eigenvalue weighted by atomic mass is 35.5. The fourth-order valence-corrected chi connectivity index (χ4v) is 3.87. The van der Waals surface area contributed by atoms with Crippen LogP contribution in [-0.4, -0.2) is 27.9 Å². The molecule has 0 spiro atoms. The zero-order chi connectivity index (χ0) is 23.4. The number of amides is 2. The molecule has 3 N–H and O–H groups in total. The second kappa shape index (κ2) is 9.64. The van der Waals surface area contributed by atoms with Crippen LogP contribution in [0.1, 0.15) is 31.1 Å². The molecule has 0 aliphatic heterocycles. The number of thiazole rings is 1. The first kappa shape index (κ1) is 22.2. The maximum absolute atomic E-state index is 12.5. The fraction of sp³-hybridized carbons (Fsp3) is 0. The van der Waals surface area contributed by atoms with E-state index in [2.05, 4.69) is 15.6 Å². The van der Waals surface area contributed by atoms with E-state index >= 15 is 0 Å². The number of nitrogens with one attached hydrogen (secondary N) is 2.